The number of piperazine rings is 1. The second-order valence-electron chi connectivity index (χ2n) is 5.70. The van der Waals surface area contributed by atoms with Gasteiger partial charge in [0.05, 0.1) is 16.4 Å². The third kappa shape index (κ3) is 3.30. The van der Waals surface area contributed by atoms with Crippen molar-refractivity contribution in [1.29, 1.82) is 0 Å². The third-order valence-corrected chi connectivity index (χ3v) is 4.41. The lowest BCUT2D eigenvalue weighted by molar-refractivity contribution is 0.165. The Morgan fingerprint density at radius 1 is 1.47 bits per heavy atom. The number of hydrogen-bond donors (Lipinski definition) is 1. The Morgan fingerprint density at radius 3 is 2.84 bits per heavy atom. The summed E-state index contributed by atoms with van der Waals surface area (Å²) in [4.78, 5) is 2.48. The first-order valence-electron chi connectivity index (χ1n) is 7.20. The summed E-state index contributed by atoms with van der Waals surface area (Å²) in [5.74, 6) is 0.663. The van der Waals surface area contributed by atoms with Gasteiger partial charge in [-0.25, -0.2) is 0 Å². The Hall–Kier alpha value is -0.580. The van der Waals surface area contributed by atoms with Crippen LogP contribution in [0.2, 0.25) is 5.02 Å². The lowest BCUT2D eigenvalue weighted by Gasteiger charge is -2.35. The van der Waals surface area contributed by atoms with Crippen LogP contribution in [0.25, 0.3) is 0 Å². The van der Waals surface area contributed by atoms with Gasteiger partial charge in [0, 0.05) is 38.8 Å². The molecule has 19 heavy (non-hydrogen) atoms. The molecule has 1 aromatic heterocycles. The molecule has 2 rings (SSSR count). The maximum atomic E-state index is 6.39. The first-order valence-corrected chi connectivity index (χ1v) is 7.58. The average molecular weight is 285 g/mol. The smallest absolute Gasteiger partial charge is 0.0860 e. The molecule has 1 atom stereocenters. The number of nitrogens with zero attached hydrogens (tertiary/aromatic N) is 3. The molecule has 0 spiro atoms. The molecule has 0 amide bonds. The lowest BCUT2D eigenvalue weighted by Crippen LogP contribution is -2.52. The predicted molar refractivity (Wildman–Crippen MR) is 79.6 cm³/mol. The molecule has 1 saturated heterocycles. The van der Waals surface area contributed by atoms with Crippen molar-refractivity contribution in [3.05, 3.63) is 16.4 Å². The highest BCUT2D eigenvalue weighted by atomic mass is 35.5. The van der Waals surface area contributed by atoms with Crippen molar-refractivity contribution < 1.29 is 0 Å². The second kappa shape index (κ2) is 6.25. The van der Waals surface area contributed by atoms with E-state index in [9.17, 15) is 0 Å². The average Bonchev–Trinajstić information content (AvgIpc) is 2.67. The maximum absolute atomic E-state index is 6.39. The highest BCUT2D eigenvalue weighted by Gasteiger charge is 2.23. The number of hydrogen-bond acceptors (Lipinski definition) is 3. The van der Waals surface area contributed by atoms with Gasteiger partial charge in [0.2, 0.25) is 0 Å². The van der Waals surface area contributed by atoms with Gasteiger partial charge in [-0.05, 0) is 19.8 Å². The van der Waals surface area contributed by atoms with E-state index >= 15 is 0 Å². The van der Waals surface area contributed by atoms with Crippen LogP contribution in [0, 0.1) is 12.8 Å². The van der Waals surface area contributed by atoms with Crippen LogP contribution in [0.5, 0.6) is 0 Å². The number of aryl methyl sites for hydroxylation is 2. The summed E-state index contributed by atoms with van der Waals surface area (Å²) < 4.78 is 2.03. The Balaban J connectivity index is 2.08. The van der Waals surface area contributed by atoms with E-state index in [1.165, 1.54) is 0 Å². The molecule has 1 fully saturated rings. The third-order valence-electron chi connectivity index (χ3n) is 3.92. The zero-order valence-corrected chi connectivity index (χ0v) is 13.2. The van der Waals surface area contributed by atoms with Gasteiger partial charge in [-0.1, -0.05) is 25.4 Å². The molecular weight excluding hydrogens is 260 g/mol. The lowest BCUT2D eigenvalue weighted by atomic mass is 10.0. The standard InChI is InChI=1S/C14H25ClN4/c1-5-19-13(14(15)11(4)17-19)9-18-7-6-16-12(8-18)10(2)3/h10,12,16H,5-9H2,1-4H3. The Bertz CT molecular complexity index is 427. The van der Waals surface area contributed by atoms with E-state index in [1.54, 1.807) is 0 Å². The van der Waals surface area contributed by atoms with Crippen molar-refractivity contribution in [3.63, 3.8) is 0 Å². The molecule has 1 aromatic rings. The van der Waals surface area contributed by atoms with Crippen molar-refractivity contribution in [3.8, 4) is 0 Å². The van der Waals surface area contributed by atoms with Crippen LogP contribution in [0.1, 0.15) is 32.2 Å². The molecule has 1 unspecified atom stereocenters. The van der Waals surface area contributed by atoms with Gasteiger partial charge < -0.3 is 5.32 Å². The van der Waals surface area contributed by atoms with Crippen LogP contribution < -0.4 is 5.32 Å². The van der Waals surface area contributed by atoms with E-state index in [2.05, 4.69) is 36.1 Å². The van der Waals surface area contributed by atoms with E-state index in [0.717, 1.165) is 49.1 Å². The monoisotopic (exact) mass is 284 g/mol. The fourth-order valence-corrected chi connectivity index (χ4v) is 2.86. The minimum atomic E-state index is 0.576. The zero-order chi connectivity index (χ0) is 14.0. The van der Waals surface area contributed by atoms with Gasteiger partial charge >= 0.3 is 0 Å². The minimum absolute atomic E-state index is 0.576. The first-order chi connectivity index (χ1) is 9.02. The molecule has 1 aliphatic rings. The van der Waals surface area contributed by atoms with E-state index in [1.807, 2.05) is 11.6 Å². The van der Waals surface area contributed by atoms with Crippen LogP contribution in [0.4, 0.5) is 0 Å². The van der Waals surface area contributed by atoms with Gasteiger partial charge in [0.1, 0.15) is 0 Å². The van der Waals surface area contributed by atoms with E-state index in [-0.39, 0.29) is 0 Å². The maximum Gasteiger partial charge on any atom is 0.0860 e. The first kappa shape index (κ1) is 14.8. The molecule has 4 nitrogen and oxygen atoms in total. The van der Waals surface area contributed by atoms with Gasteiger partial charge in [0.25, 0.3) is 0 Å². The van der Waals surface area contributed by atoms with Gasteiger partial charge in [0.15, 0.2) is 0 Å². The van der Waals surface area contributed by atoms with E-state index in [4.69, 9.17) is 11.6 Å². The highest BCUT2D eigenvalue weighted by Crippen LogP contribution is 2.22. The van der Waals surface area contributed by atoms with Gasteiger partial charge in [-0.15, -0.1) is 0 Å². The Morgan fingerprint density at radius 2 is 2.21 bits per heavy atom. The van der Waals surface area contributed by atoms with Crippen LogP contribution in [-0.2, 0) is 13.1 Å². The molecule has 1 aliphatic heterocycles. The van der Waals surface area contributed by atoms with Crippen LogP contribution in [0.3, 0.4) is 0 Å². The summed E-state index contributed by atoms with van der Waals surface area (Å²) in [6.07, 6.45) is 0. The highest BCUT2D eigenvalue weighted by molar-refractivity contribution is 6.31. The van der Waals surface area contributed by atoms with Gasteiger partial charge in [-0.3, -0.25) is 9.58 Å². The van der Waals surface area contributed by atoms with Crippen LogP contribution >= 0.6 is 11.6 Å². The SMILES string of the molecule is CCn1nc(C)c(Cl)c1CN1CCNC(C(C)C)C1. The molecule has 0 bridgehead atoms. The summed E-state index contributed by atoms with van der Waals surface area (Å²) in [6, 6.07) is 0.576. The molecule has 0 aromatic carbocycles. The zero-order valence-electron chi connectivity index (χ0n) is 12.4. The largest absolute Gasteiger partial charge is 0.311 e. The summed E-state index contributed by atoms with van der Waals surface area (Å²) in [5.41, 5.74) is 2.10. The number of halogens is 1. The molecule has 0 saturated carbocycles. The topological polar surface area (TPSA) is 33.1 Å². The fraction of sp³-hybridized carbons (Fsp3) is 0.786. The molecule has 1 N–H and O–H groups in total. The van der Waals surface area contributed by atoms with E-state index < -0.39 is 0 Å². The molecular formula is C14H25ClN4. The molecule has 108 valence electrons. The molecule has 5 heteroatoms. The summed E-state index contributed by atoms with van der Waals surface area (Å²) in [7, 11) is 0. The fourth-order valence-electron chi connectivity index (χ4n) is 2.66. The number of nitrogens with one attached hydrogen (secondary N) is 1. The van der Waals surface area contributed by atoms with E-state index in [0.29, 0.717) is 12.0 Å². The Labute approximate surface area is 121 Å². The number of rotatable bonds is 4. The second-order valence-corrected chi connectivity index (χ2v) is 6.08. The molecule has 2 heterocycles. The predicted octanol–water partition coefficient (Wildman–Crippen LogP) is 2.29. The minimum Gasteiger partial charge on any atom is -0.311 e. The molecule has 0 aliphatic carbocycles. The normalized spacial score (nSPS) is 21.3. The summed E-state index contributed by atoms with van der Waals surface area (Å²) in [5, 5.41) is 8.91. The summed E-state index contributed by atoms with van der Waals surface area (Å²) in [6.45, 7) is 13.6. The van der Waals surface area contributed by atoms with Crippen LogP contribution in [-0.4, -0.2) is 40.4 Å². The van der Waals surface area contributed by atoms with Gasteiger partial charge in [-0.2, -0.15) is 5.10 Å². The summed E-state index contributed by atoms with van der Waals surface area (Å²) >= 11 is 6.39. The van der Waals surface area contributed by atoms with Crippen molar-refractivity contribution in [2.75, 3.05) is 19.6 Å². The van der Waals surface area contributed by atoms with Crippen LogP contribution in [0.15, 0.2) is 0 Å². The van der Waals surface area contributed by atoms with Crippen molar-refractivity contribution >= 4 is 11.6 Å². The quantitative estimate of drug-likeness (QED) is 0.921. The van der Waals surface area contributed by atoms with Crippen molar-refractivity contribution in [2.24, 2.45) is 5.92 Å². The number of aromatic nitrogens is 2. The Kier molecular flexibility index (Phi) is 4.87. The van der Waals surface area contributed by atoms with Crippen molar-refractivity contribution in [2.45, 2.75) is 46.8 Å². The van der Waals surface area contributed by atoms with Crippen molar-refractivity contribution in [1.82, 2.24) is 20.0 Å². The molecule has 0 radical (unpaired) electrons.